The molecule has 1 amide bonds. The maximum atomic E-state index is 12.6. The van der Waals surface area contributed by atoms with E-state index in [-0.39, 0.29) is 11.4 Å². The van der Waals surface area contributed by atoms with Gasteiger partial charge in [-0.05, 0) is 44.3 Å². The van der Waals surface area contributed by atoms with Gasteiger partial charge in [-0.1, -0.05) is 6.07 Å². The summed E-state index contributed by atoms with van der Waals surface area (Å²) in [6.45, 7) is 5.42. The first-order valence-electron chi connectivity index (χ1n) is 10.1. The number of benzene rings is 1. The Labute approximate surface area is 183 Å². The highest BCUT2D eigenvalue weighted by Crippen LogP contribution is 2.19. The lowest BCUT2D eigenvalue weighted by molar-refractivity contribution is -0.122. The van der Waals surface area contributed by atoms with E-state index in [1.54, 1.807) is 18.3 Å². The van der Waals surface area contributed by atoms with Gasteiger partial charge in [0.1, 0.15) is 11.6 Å². The highest BCUT2D eigenvalue weighted by molar-refractivity contribution is 7.89. The minimum absolute atomic E-state index is 0.0672. The molecule has 1 aromatic heterocycles. The van der Waals surface area contributed by atoms with Gasteiger partial charge < -0.3 is 19.9 Å². The predicted molar refractivity (Wildman–Crippen MR) is 119 cm³/mol. The molecule has 168 valence electrons. The molecule has 3 rings (SSSR count). The molecule has 1 aliphatic rings. The molecule has 0 unspecified atom stereocenters. The molecule has 1 atom stereocenters. The Bertz CT molecular complexity index is 989. The summed E-state index contributed by atoms with van der Waals surface area (Å²) in [5.41, 5.74) is 0.894. The number of hydrogen-bond donors (Lipinski definition) is 2. The van der Waals surface area contributed by atoms with Crippen LogP contribution >= 0.6 is 0 Å². The third-order valence-electron chi connectivity index (χ3n) is 5.22. The molecule has 0 radical (unpaired) electrons. The van der Waals surface area contributed by atoms with E-state index in [0.717, 1.165) is 37.6 Å². The first-order chi connectivity index (χ1) is 14.8. The van der Waals surface area contributed by atoms with Crippen molar-refractivity contribution in [3.8, 4) is 5.75 Å². The molecule has 10 heteroatoms. The Morgan fingerprint density at radius 2 is 1.84 bits per heavy atom. The number of carbonyl (C=O) groups is 1. The molecule has 31 heavy (non-hydrogen) atoms. The molecule has 0 aliphatic carbocycles. The van der Waals surface area contributed by atoms with Crippen molar-refractivity contribution in [3.63, 3.8) is 0 Å². The Morgan fingerprint density at radius 1 is 1.16 bits per heavy atom. The summed E-state index contributed by atoms with van der Waals surface area (Å²) < 4.78 is 32.6. The molecule has 2 heterocycles. The van der Waals surface area contributed by atoms with Crippen molar-refractivity contribution in [3.05, 3.63) is 48.2 Å². The number of aromatic nitrogens is 1. The fourth-order valence-electron chi connectivity index (χ4n) is 3.32. The van der Waals surface area contributed by atoms with Gasteiger partial charge in [0.15, 0.2) is 0 Å². The van der Waals surface area contributed by atoms with Crippen molar-refractivity contribution >= 4 is 21.7 Å². The van der Waals surface area contributed by atoms with Gasteiger partial charge in [-0.3, -0.25) is 4.79 Å². The van der Waals surface area contributed by atoms with Gasteiger partial charge in [0, 0.05) is 44.5 Å². The minimum Gasteiger partial charge on any atom is -0.497 e. The average Bonchev–Trinajstić information content (AvgIpc) is 2.78. The number of sulfonamides is 1. The molecule has 0 saturated carbocycles. The van der Waals surface area contributed by atoms with Crippen molar-refractivity contribution in [1.29, 1.82) is 0 Å². The standard InChI is InChI=1S/C21H29N5O4S/c1-16(24-31(28,29)19-8-6-18(30-3)7-9-19)21(27)23-15-17-5-4-10-22-20(17)26-13-11-25(2)12-14-26/h4-10,16,24H,11-15H2,1-3H3,(H,23,27)/t16-/m0/s1. The van der Waals surface area contributed by atoms with Crippen LogP contribution in [0.3, 0.4) is 0 Å². The number of amides is 1. The molecule has 1 fully saturated rings. The molecule has 2 aromatic rings. The van der Waals surface area contributed by atoms with Crippen LogP contribution in [0, 0.1) is 0 Å². The molecular weight excluding hydrogens is 418 g/mol. The third kappa shape index (κ3) is 5.93. The van der Waals surface area contributed by atoms with E-state index in [2.05, 4.69) is 31.9 Å². The summed E-state index contributed by atoms with van der Waals surface area (Å²) in [6, 6.07) is 8.80. The lowest BCUT2D eigenvalue weighted by Crippen LogP contribution is -2.46. The monoisotopic (exact) mass is 447 g/mol. The summed E-state index contributed by atoms with van der Waals surface area (Å²) in [7, 11) is -0.241. The fraction of sp³-hybridized carbons (Fsp3) is 0.429. The third-order valence-corrected chi connectivity index (χ3v) is 6.77. The van der Waals surface area contributed by atoms with Crippen LogP contribution in [0.25, 0.3) is 0 Å². The minimum atomic E-state index is -3.83. The summed E-state index contributed by atoms with van der Waals surface area (Å²) in [6.07, 6.45) is 1.74. The topological polar surface area (TPSA) is 104 Å². The molecule has 1 saturated heterocycles. The number of hydrogen-bond acceptors (Lipinski definition) is 7. The summed E-state index contributed by atoms with van der Waals surface area (Å²) in [5.74, 6) is 0.991. The highest BCUT2D eigenvalue weighted by Gasteiger charge is 2.23. The Balaban J connectivity index is 1.60. The summed E-state index contributed by atoms with van der Waals surface area (Å²) in [4.78, 5) is 21.6. The Kier molecular flexibility index (Phi) is 7.47. The van der Waals surface area contributed by atoms with Crippen LogP contribution in [0.1, 0.15) is 12.5 Å². The van der Waals surface area contributed by atoms with Crippen molar-refractivity contribution in [2.45, 2.75) is 24.4 Å². The number of anilines is 1. The number of ether oxygens (including phenoxy) is 1. The normalized spacial score (nSPS) is 16.0. The van der Waals surface area contributed by atoms with E-state index in [4.69, 9.17) is 4.74 Å². The lowest BCUT2D eigenvalue weighted by Gasteiger charge is -2.34. The summed E-state index contributed by atoms with van der Waals surface area (Å²) >= 11 is 0. The number of rotatable bonds is 8. The van der Waals surface area contributed by atoms with E-state index < -0.39 is 22.0 Å². The Morgan fingerprint density at radius 3 is 2.48 bits per heavy atom. The fourth-order valence-corrected chi connectivity index (χ4v) is 4.52. The second-order valence-electron chi connectivity index (χ2n) is 7.51. The Hall–Kier alpha value is -2.69. The van der Waals surface area contributed by atoms with Crippen LogP contribution in [0.5, 0.6) is 5.75 Å². The lowest BCUT2D eigenvalue weighted by atomic mass is 10.2. The SMILES string of the molecule is COc1ccc(S(=O)(=O)N[C@@H](C)C(=O)NCc2cccnc2N2CCN(C)CC2)cc1. The van der Waals surface area contributed by atoms with Crippen molar-refractivity contribution < 1.29 is 17.9 Å². The van der Waals surface area contributed by atoms with E-state index in [9.17, 15) is 13.2 Å². The van der Waals surface area contributed by atoms with Crippen LogP contribution in [0.2, 0.25) is 0 Å². The average molecular weight is 448 g/mol. The van der Waals surface area contributed by atoms with Gasteiger partial charge in [-0.25, -0.2) is 13.4 Å². The molecular formula is C21H29N5O4S. The zero-order valence-corrected chi connectivity index (χ0v) is 18.9. The summed E-state index contributed by atoms with van der Waals surface area (Å²) in [5, 5.41) is 2.82. The van der Waals surface area contributed by atoms with E-state index in [0.29, 0.717) is 5.75 Å². The predicted octanol–water partition coefficient (Wildman–Crippen LogP) is 0.825. The maximum Gasteiger partial charge on any atom is 0.241 e. The van der Waals surface area contributed by atoms with Gasteiger partial charge >= 0.3 is 0 Å². The second-order valence-corrected chi connectivity index (χ2v) is 9.23. The molecule has 0 bridgehead atoms. The quantitative estimate of drug-likeness (QED) is 0.618. The molecule has 1 aromatic carbocycles. The number of methoxy groups -OCH3 is 1. The van der Waals surface area contributed by atoms with Gasteiger partial charge in [0.25, 0.3) is 0 Å². The number of piperazine rings is 1. The zero-order valence-electron chi connectivity index (χ0n) is 18.0. The maximum absolute atomic E-state index is 12.6. The van der Waals surface area contributed by atoms with Crippen LogP contribution in [-0.2, 0) is 21.4 Å². The van der Waals surface area contributed by atoms with Gasteiger partial charge in [0.05, 0.1) is 18.0 Å². The first kappa shape index (κ1) is 23.0. The van der Waals surface area contributed by atoms with Crippen LogP contribution in [-0.4, -0.2) is 70.6 Å². The van der Waals surface area contributed by atoms with Crippen LogP contribution in [0.4, 0.5) is 5.82 Å². The largest absolute Gasteiger partial charge is 0.497 e. The van der Waals surface area contributed by atoms with Crippen molar-refractivity contribution in [2.24, 2.45) is 0 Å². The second kappa shape index (κ2) is 10.1. The molecule has 0 spiro atoms. The zero-order chi connectivity index (χ0) is 22.4. The smallest absolute Gasteiger partial charge is 0.241 e. The number of carbonyl (C=O) groups excluding carboxylic acids is 1. The number of nitrogens with one attached hydrogen (secondary N) is 2. The van der Waals surface area contributed by atoms with Gasteiger partial charge in [-0.15, -0.1) is 0 Å². The van der Waals surface area contributed by atoms with Crippen LogP contribution in [0.15, 0.2) is 47.5 Å². The van der Waals surface area contributed by atoms with Gasteiger partial charge in [0.2, 0.25) is 15.9 Å². The molecule has 9 nitrogen and oxygen atoms in total. The number of pyridine rings is 1. The van der Waals surface area contributed by atoms with Crippen LogP contribution < -0.4 is 19.7 Å². The molecule has 2 N–H and O–H groups in total. The van der Waals surface area contributed by atoms with Gasteiger partial charge in [-0.2, -0.15) is 4.72 Å². The van der Waals surface area contributed by atoms with E-state index in [1.165, 1.54) is 26.2 Å². The number of likely N-dealkylation sites (N-methyl/N-ethyl adjacent to an activating group) is 1. The highest BCUT2D eigenvalue weighted by atomic mass is 32.2. The van der Waals surface area contributed by atoms with E-state index >= 15 is 0 Å². The number of nitrogens with zero attached hydrogens (tertiary/aromatic N) is 3. The van der Waals surface area contributed by atoms with Crippen molar-refractivity contribution in [1.82, 2.24) is 19.9 Å². The molecule has 1 aliphatic heterocycles. The first-order valence-corrected chi connectivity index (χ1v) is 11.6. The van der Waals surface area contributed by atoms with Crippen molar-refractivity contribution in [2.75, 3.05) is 45.2 Å². The van der Waals surface area contributed by atoms with E-state index in [1.807, 2.05) is 12.1 Å².